The van der Waals surface area contributed by atoms with Crippen molar-refractivity contribution < 1.29 is 23.9 Å². The molecule has 30 heavy (non-hydrogen) atoms. The smallest absolute Gasteiger partial charge is 0.303 e. The van der Waals surface area contributed by atoms with Gasteiger partial charge in [-0.05, 0) is 24.1 Å². The largest absolute Gasteiger partial charge is 0.481 e. The van der Waals surface area contributed by atoms with Crippen molar-refractivity contribution in [2.45, 2.75) is 25.4 Å². The van der Waals surface area contributed by atoms with Gasteiger partial charge in [-0.1, -0.05) is 60.7 Å². The molecule has 0 bridgehead atoms. The van der Waals surface area contributed by atoms with Crippen LogP contribution in [0.5, 0.6) is 0 Å². The molecule has 3 rings (SSSR count). The topological polar surface area (TPSA) is 114 Å². The lowest BCUT2D eigenvalue weighted by molar-refractivity contribution is -0.137. The zero-order valence-electron chi connectivity index (χ0n) is 16.2. The average molecular weight is 406 g/mol. The second-order valence-electron chi connectivity index (χ2n) is 6.80. The van der Waals surface area contributed by atoms with Gasteiger partial charge < -0.3 is 20.2 Å². The highest BCUT2D eigenvalue weighted by atomic mass is 16.4. The second-order valence-corrected chi connectivity index (χ2v) is 6.80. The fourth-order valence-corrected chi connectivity index (χ4v) is 3.17. The summed E-state index contributed by atoms with van der Waals surface area (Å²) in [6.07, 6.45) is -0.380. The SMILES string of the molecule is NC(=O)[C@H](CCC(=O)O)N(Cc1ccccc1)C(=O)c1ccc(-c2ccccc2)o1. The van der Waals surface area contributed by atoms with E-state index in [-0.39, 0.29) is 25.1 Å². The summed E-state index contributed by atoms with van der Waals surface area (Å²) >= 11 is 0. The monoisotopic (exact) mass is 406 g/mol. The third-order valence-electron chi connectivity index (χ3n) is 4.67. The first-order valence-corrected chi connectivity index (χ1v) is 9.47. The average Bonchev–Trinajstić information content (AvgIpc) is 3.24. The van der Waals surface area contributed by atoms with Crippen LogP contribution in [-0.4, -0.2) is 33.8 Å². The van der Waals surface area contributed by atoms with Crippen LogP contribution in [0.3, 0.4) is 0 Å². The molecule has 2 amide bonds. The van der Waals surface area contributed by atoms with Crippen LogP contribution in [0.4, 0.5) is 0 Å². The van der Waals surface area contributed by atoms with Crippen molar-refractivity contribution in [1.82, 2.24) is 4.90 Å². The maximum absolute atomic E-state index is 13.3. The minimum absolute atomic E-state index is 0.0476. The molecule has 2 aromatic carbocycles. The summed E-state index contributed by atoms with van der Waals surface area (Å²) in [4.78, 5) is 37.7. The summed E-state index contributed by atoms with van der Waals surface area (Å²) in [5.41, 5.74) is 7.12. The van der Waals surface area contributed by atoms with Crippen molar-refractivity contribution in [2.75, 3.05) is 0 Å². The quantitative estimate of drug-likeness (QED) is 0.566. The van der Waals surface area contributed by atoms with Gasteiger partial charge in [0.15, 0.2) is 5.76 Å². The number of carbonyl (C=O) groups excluding carboxylic acids is 2. The summed E-state index contributed by atoms with van der Waals surface area (Å²) in [5, 5.41) is 9.03. The minimum Gasteiger partial charge on any atom is -0.481 e. The molecule has 154 valence electrons. The molecule has 1 heterocycles. The van der Waals surface area contributed by atoms with Crippen LogP contribution in [0.1, 0.15) is 29.0 Å². The van der Waals surface area contributed by atoms with E-state index in [2.05, 4.69) is 0 Å². The van der Waals surface area contributed by atoms with E-state index in [1.54, 1.807) is 6.07 Å². The summed E-state index contributed by atoms with van der Waals surface area (Å²) in [6, 6.07) is 20.5. The Balaban J connectivity index is 1.92. The van der Waals surface area contributed by atoms with Crippen LogP contribution in [0.25, 0.3) is 11.3 Å². The highest BCUT2D eigenvalue weighted by molar-refractivity contribution is 5.95. The van der Waals surface area contributed by atoms with Gasteiger partial charge in [0.25, 0.3) is 5.91 Å². The Bertz CT molecular complexity index is 1010. The summed E-state index contributed by atoms with van der Waals surface area (Å²) < 4.78 is 5.75. The Morgan fingerprint density at radius 1 is 0.933 bits per heavy atom. The van der Waals surface area contributed by atoms with Gasteiger partial charge >= 0.3 is 5.97 Å². The number of benzene rings is 2. The third kappa shape index (κ3) is 5.14. The first-order valence-electron chi connectivity index (χ1n) is 9.47. The predicted octanol–water partition coefficient (Wildman–Crippen LogP) is 3.31. The Labute approximate surface area is 173 Å². The molecule has 0 unspecified atom stereocenters. The molecule has 0 saturated carbocycles. The summed E-state index contributed by atoms with van der Waals surface area (Å²) in [7, 11) is 0. The van der Waals surface area contributed by atoms with Gasteiger partial charge in [-0.15, -0.1) is 0 Å². The molecule has 0 aliphatic heterocycles. The van der Waals surface area contributed by atoms with E-state index in [9.17, 15) is 14.4 Å². The Kier molecular flexibility index (Phi) is 6.64. The van der Waals surface area contributed by atoms with Crippen molar-refractivity contribution in [3.05, 3.63) is 84.1 Å². The molecule has 3 aromatic rings. The standard InChI is InChI=1S/C23H22N2O5/c24-22(28)18(11-14-21(26)27)25(15-16-7-3-1-4-8-16)23(29)20-13-12-19(30-20)17-9-5-2-6-10-17/h1-10,12-13,18H,11,14-15H2,(H2,24,28)(H,26,27)/t18-/m0/s1. The maximum atomic E-state index is 13.3. The highest BCUT2D eigenvalue weighted by Gasteiger charge is 2.31. The fourth-order valence-electron chi connectivity index (χ4n) is 3.17. The molecule has 1 aromatic heterocycles. The number of nitrogens with zero attached hydrogens (tertiary/aromatic N) is 1. The normalized spacial score (nSPS) is 11.6. The number of aliphatic carboxylic acids is 1. The van der Waals surface area contributed by atoms with E-state index < -0.39 is 23.8 Å². The lowest BCUT2D eigenvalue weighted by atomic mass is 10.1. The number of hydrogen-bond donors (Lipinski definition) is 2. The van der Waals surface area contributed by atoms with Crippen molar-refractivity contribution in [3.63, 3.8) is 0 Å². The molecule has 7 nitrogen and oxygen atoms in total. The first kappa shape index (κ1) is 20.9. The molecule has 0 fully saturated rings. The molecule has 0 spiro atoms. The molecule has 7 heteroatoms. The number of carboxylic acid groups (broad SMARTS) is 1. The van der Waals surface area contributed by atoms with Crippen molar-refractivity contribution in [1.29, 1.82) is 0 Å². The lowest BCUT2D eigenvalue weighted by Crippen LogP contribution is -2.47. The lowest BCUT2D eigenvalue weighted by Gasteiger charge is -2.29. The van der Waals surface area contributed by atoms with Crippen LogP contribution < -0.4 is 5.73 Å². The number of carbonyl (C=O) groups is 3. The maximum Gasteiger partial charge on any atom is 0.303 e. The predicted molar refractivity (Wildman–Crippen MR) is 110 cm³/mol. The summed E-state index contributed by atoms with van der Waals surface area (Å²) in [6.45, 7) is 0.0915. The molecule has 0 aliphatic rings. The van der Waals surface area contributed by atoms with E-state index in [0.29, 0.717) is 5.76 Å². The van der Waals surface area contributed by atoms with E-state index >= 15 is 0 Å². The van der Waals surface area contributed by atoms with E-state index in [1.165, 1.54) is 11.0 Å². The van der Waals surface area contributed by atoms with Crippen molar-refractivity contribution in [2.24, 2.45) is 5.73 Å². The molecule has 0 aliphatic carbocycles. The van der Waals surface area contributed by atoms with Crippen LogP contribution in [-0.2, 0) is 16.1 Å². The Hall–Kier alpha value is -3.87. The van der Waals surface area contributed by atoms with Gasteiger partial charge in [-0.3, -0.25) is 14.4 Å². The highest BCUT2D eigenvalue weighted by Crippen LogP contribution is 2.24. The first-order chi connectivity index (χ1) is 14.5. The minimum atomic E-state index is -1.08. The molecular formula is C23H22N2O5. The van der Waals surface area contributed by atoms with Crippen molar-refractivity contribution >= 4 is 17.8 Å². The van der Waals surface area contributed by atoms with Crippen LogP contribution in [0, 0.1) is 0 Å². The molecular weight excluding hydrogens is 384 g/mol. The van der Waals surface area contributed by atoms with Gasteiger partial charge in [0, 0.05) is 18.5 Å². The number of amides is 2. The van der Waals surface area contributed by atoms with E-state index in [0.717, 1.165) is 11.1 Å². The number of nitrogens with two attached hydrogens (primary N) is 1. The summed E-state index contributed by atoms with van der Waals surface area (Å²) in [5.74, 6) is -1.81. The van der Waals surface area contributed by atoms with Gasteiger partial charge in [0.1, 0.15) is 11.8 Å². The number of primary amides is 1. The Morgan fingerprint density at radius 3 is 2.17 bits per heavy atom. The molecule has 3 N–H and O–H groups in total. The van der Waals surface area contributed by atoms with E-state index in [1.807, 2.05) is 60.7 Å². The number of furan rings is 1. The van der Waals surface area contributed by atoms with Gasteiger partial charge in [-0.2, -0.15) is 0 Å². The van der Waals surface area contributed by atoms with Gasteiger partial charge in [-0.25, -0.2) is 0 Å². The Morgan fingerprint density at radius 2 is 1.57 bits per heavy atom. The van der Waals surface area contributed by atoms with Crippen LogP contribution in [0.15, 0.2) is 77.2 Å². The molecule has 0 saturated heterocycles. The molecule has 0 radical (unpaired) electrons. The van der Waals surface area contributed by atoms with Gasteiger partial charge in [0.2, 0.25) is 5.91 Å². The number of carboxylic acids is 1. The zero-order valence-corrected chi connectivity index (χ0v) is 16.2. The molecule has 1 atom stereocenters. The van der Waals surface area contributed by atoms with E-state index in [4.69, 9.17) is 15.3 Å². The van der Waals surface area contributed by atoms with Crippen molar-refractivity contribution in [3.8, 4) is 11.3 Å². The van der Waals surface area contributed by atoms with Crippen LogP contribution >= 0.6 is 0 Å². The zero-order chi connectivity index (χ0) is 21.5. The van der Waals surface area contributed by atoms with Crippen LogP contribution in [0.2, 0.25) is 0 Å². The third-order valence-corrected chi connectivity index (χ3v) is 4.67. The fraction of sp³-hybridized carbons (Fsp3) is 0.174. The van der Waals surface area contributed by atoms with Gasteiger partial charge in [0.05, 0.1) is 0 Å². The number of rotatable bonds is 9. The number of hydrogen-bond acceptors (Lipinski definition) is 4. The second kappa shape index (κ2) is 9.56.